The molecular weight excluding hydrogens is 500 g/mol. The monoisotopic (exact) mass is 534 g/mol. The third-order valence-electron chi connectivity index (χ3n) is 5.63. The van der Waals surface area contributed by atoms with Gasteiger partial charge in [0.15, 0.2) is 0 Å². The molecule has 0 spiro atoms. The number of carboxylic acids is 1. The maximum atomic E-state index is 13.2. The van der Waals surface area contributed by atoms with Crippen molar-refractivity contribution in [2.75, 3.05) is 5.75 Å². The summed E-state index contributed by atoms with van der Waals surface area (Å²) in [6, 6.07) is 2.47. The molecule has 2 aromatic rings. The number of nitrogens with one attached hydrogen (secondary N) is 4. The van der Waals surface area contributed by atoms with Gasteiger partial charge in [0.25, 0.3) is 0 Å². The first-order valence-corrected chi connectivity index (χ1v) is 12.4. The number of aromatic nitrogens is 1. The summed E-state index contributed by atoms with van der Waals surface area (Å²) in [6.07, 6.45) is 1.49. The number of aromatic amines is 1. The molecule has 0 aliphatic carbocycles. The molecule has 202 valence electrons. The van der Waals surface area contributed by atoms with Crippen LogP contribution in [0.25, 0.3) is 10.9 Å². The molecule has 0 saturated carbocycles. The number of carbonyl (C=O) groups excluding carboxylic acids is 4. The van der Waals surface area contributed by atoms with E-state index < -0.39 is 60.2 Å². The van der Waals surface area contributed by atoms with Crippen LogP contribution in [0.5, 0.6) is 0 Å². The average Bonchev–Trinajstić information content (AvgIpc) is 3.23. The van der Waals surface area contributed by atoms with Crippen molar-refractivity contribution in [3.8, 4) is 0 Å². The number of carboxylic acid groups (broad SMARTS) is 1. The molecule has 0 saturated heterocycles. The Kier molecular flexibility index (Phi) is 10.9. The molecule has 0 fully saturated rings. The molecule has 0 aliphatic heterocycles. The van der Waals surface area contributed by atoms with Crippen LogP contribution in [0.4, 0.5) is 0 Å². The van der Waals surface area contributed by atoms with Crippen molar-refractivity contribution in [3.63, 3.8) is 0 Å². The molecule has 4 unspecified atom stereocenters. The van der Waals surface area contributed by atoms with Crippen LogP contribution in [0.3, 0.4) is 0 Å². The predicted octanol–water partition coefficient (Wildman–Crippen LogP) is -0.572. The van der Waals surface area contributed by atoms with Gasteiger partial charge in [0.2, 0.25) is 23.6 Å². The van der Waals surface area contributed by atoms with Gasteiger partial charge in [-0.3, -0.25) is 19.2 Å². The summed E-state index contributed by atoms with van der Waals surface area (Å²) in [4.78, 5) is 64.9. The molecule has 1 heterocycles. The summed E-state index contributed by atoms with van der Waals surface area (Å²) < 4.78 is 0. The molecule has 2 rings (SSSR count). The fourth-order valence-electron chi connectivity index (χ4n) is 3.76. The Morgan fingerprint density at radius 3 is 2.16 bits per heavy atom. The third kappa shape index (κ3) is 8.79. The van der Waals surface area contributed by atoms with E-state index in [2.05, 4.69) is 33.6 Å². The lowest BCUT2D eigenvalue weighted by Gasteiger charge is -2.25. The molecule has 0 bridgehead atoms. The predicted molar refractivity (Wildman–Crippen MR) is 141 cm³/mol. The summed E-state index contributed by atoms with van der Waals surface area (Å²) in [5.41, 5.74) is 12.7. The molecule has 9 N–H and O–H groups in total. The van der Waals surface area contributed by atoms with Gasteiger partial charge in [-0.15, -0.1) is 0 Å². The number of H-pyrrole nitrogens is 1. The van der Waals surface area contributed by atoms with Gasteiger partial charge in [-0.05, 0) is 24.0 Å². The minimum atomic E-state index is -1.39. The van der Waals surface area contributed by atoms with E-state index in [0.29, 0.717) is 12.0 Å². The van der Waals surface area contributed by atoms with E-state index >= 15 is 0 Å². The first kappa shape index (κ1) is 29.6. The van der Waals surface area contributed by atoms with Gasteiger partial charge in [-0.1, -0.05) is 32.0 Å². The van der Waals surface area contributed by atoms with E-state index in [1.165, 1.54) is 0 Å². The number of amides is 4. The molecule has 4 amide bonds. The zero-order valence-electron chi connectivity index (χ0n) is 20.7. The number of aliphatic carboxylic acids is 1. The van der Waals surface area contributed by atoms with Crippen molar-refractivity contribution in [3.05, 3.63) is 36.0 Å². The summed E-state index contributed by atoms with van der Waals surface area (Å²) in [5, 5.41) is 17.4. The number of carbonyl (C=O) groups is 5. The minimum absolute atomic E-state index is 0.00933. The van der Waals surface area contributed by atoms with Crippen molar-refractivity contribution < 1.29 is 29.1 Å². The zero-order valence-corrected chi connectivity index (χ0v) is 21.6. The summed E-state index contributed by atoms with van der Waals surface area (Å²) in [7, 11) is 0. The fourth-order valence-corrected chi connectivity index (χ4v) is 4.01. The highest BCUT2D eigenvalue weighted by Gasteiger charge is 2.31. The van der Waals surface area contributed by atoms with Crippen molar-refractivity contribution >= 4 is 53.1 Å². The van der Waals surface area contributed by atoms with E-state index in [9.17, 15) is 29.1 Å². The average molecular weight is 535 g/mol. The maximum absolute atomic E-state index is 13.2. The van der Waals surface area contributed by atoms with E-state index in [0.717, 1.165) is 10.9 Å². The number of benzene rings is 1. The molecule has 0 radical (unpaired) electrons. The Balaban J connectivity index is 2.30. The molecule has 1 aromatic heterocycles. The first-order chi connectivity index (χ1) is 17.4. The highest BCUT2D eigenvalue weighted by Crippen LogP contribution is 2.19. The van der Waals surface area contributed by atoms with Gasteiger partial charge >= 0.3 is 5.97 Å². The van der Waals surface area contributed by atoms with Crippen molar-refractivity contribution in [1.82, 2.24) is 20.9 Å². The Morgan fingerprint density at radius 2 is 1.57 bits per heavy atom. The van der Waals surface area contributed by atoms with Crippen molar-refractivity contribution in [2.45, 2.75) is 57.3 Å². The van der Waals surface area contributed by atoms with Gasteiger partial charge in [0, 0.05) is 29.3 Å². The van der Waals surface area contributed by atoms with Gasteiger partial charge in [0.1, 0.15) is 18.1 Å². The lowest BCUT2D eigenvalue weighted by atomic mass is 10.0. The molecule has 4 atom stereocenters. The first-order valence-electron chi connectivity index (χ1n) is 11.8. The van der Waals surface area contributed by atoms with Crippen molar-refractivity contribution in [2.24, 2.45) is 17.4 Å². The van der Waals surface area contributed by atoms with E-state index in [1.807, 2.05) is 38.1 Å². The van der Waals surface area contributed by atoms with Crippen LogP contribution in [0, 0.1) is 5.92 Å². The number of fused-ring (bicyclic) bond motifs is 1. The second-order valence-electron chi connectivity index (χ2n) is 9.17. The maximum Gasteiger partial charge on any atom is 0.327 e. The highest BCUT2D eigenvalue weighted by atomic mass is 32.1. The zero-order chi connectivity index (χ0) is 27.7. The van der Waals surface area contributed by atoms with E-state index in [-0.39, 0.29) is 18.1 Å². The summed E-state index contributed by atoms with van der Waals surface area (Å²) in [5.74, 6) is -4.48. The quantitative estimate of drug-likeness (QED) is 0.148. The standard InChI is InChI=1S/C24H34N6O6S/c1-12(2)7-15(25)21(32)28-18(9-20(26)31)23(34)29-17(22(33)30-19(11-37)24(35)36)8-13-10-27-16-6-4-3-5-14(13)16/h3-6,10,12,15,17-19,27,37H,7-9,11,25H2,1-2H3,(H2,26,31)(H,28,32)(H,29,34)(H,30,33)(H,35,36). The molecule has 13 heteroatoms. The number of thiol groups is 1. The van der Waals surface area contributed by atoms with Gasteiger partial charge in [-0.25, -0.2) is 4.79 Å². The van der Waals surface area contributed by atoms with Gasteiger partial charge in [0.05, 0.1) is 12.5 Å². The number of hydrogen-bond donors (Lipinski definition) is 8. The molecule has 37 heavy (non-hydrogen) atoms. The SMILES string of the molecule is CC(C)CC(N)C(=O)NC(CC(N)=O)C(=O)NC(Cc1c[nH]c2ccccc12)C(=O)NC(CS)C(=O)O. The Bertz CT molecular complexity index is 1140. The molecule has 12 nitrogen and oxygen atoms in total. The van der Waals surface area contributed by atoms with Crippen molar-refractivity contribution in [1.29, 1.82) is 0 Å². The van der Waals surface area contributed by atoms with Crippen LogP contribution in [0.15, 0.2) is 30.5 Å². The number of hydrogen-bond acceptors (Lipinski definition) is 7. The largest absolute Gasteiger partial charge is 0.480 e. The van der Waals surface area contributed by atoms with Crippen LogP contribution < -0.4 is 27.4 Å². The highest BCUT2D eigenvalue weighted by molar-refractivity contribution is 7.80. The molecule has 0 aliphatic rings. The number of rotatable bonds is 14. The van der Waals surface area contributed by atoms with E-state index in [4.69, 9.17) is 11.5 Å². The second kappa shape index (κ2) is 13.7. The topological polar surface area (TPSA) is 209 Å². The fraction of sp³-hybridized carbons (Fsp3) is 0.458. The van der Waals surface area contributed by atoms with Crippen LogP contribution in [-0.4, -0.2) is 69.6 Å². The van der Waals surface area contributed by atoms with E-state index in [1.54, 1.807) is 6.20 Å². The Hall–Kier alpha value is -3.58. The summed E-state index contributed by atoms with van der Waals surface area (Å²) in [6.45, 7) is 3.76. The third-order valence-corrected chi connectivity index (χ3v) is 5.99. The Morgan fingerprint density at radius 1 is 0.973 bits per heavy atom. The second-order valence-corrected chi connectivity index (χ2v) is 9.54. The lowest BCUT2D eigenvalue weighted by molar-refractivity contribution is -0.141. The van der Waals surface area contributed by atoms with Crippen LogP contribution in [0.2, 0.25) is 0 Å². The van der Waals surface area contributed by atoms with Gasteiger partial charge in [-0.2, -0.15) is 12.6 Å². The van der Waals surface area contributed by atoms with Crippen LogP contribution >= 0.6 is 12.6 Å². The number of primary amides is 1. The van der Waals surface area contributed by atoms with Crippen LogP contribution in [-0.2, 0) is 30.4 Å². The Labute approximate surface area is 219 Å². The van der Waals surface area contributed by atoms with Crippen LogP contribution in [0.1, 0.15) is 32.3 Å². The number of para-hydroxylation sites is 1. The summed E-state index contributed by atoms with van der Waals surface area (Å²) >= 11 is 3.96. The smallest absolute Gasteiger partial charge is 0.327 e. The minimum Gasteiger partial charge on any atom is -0.480 e. The normalized spacial score (nSPS) is 14.4. The van der Waals surface area contributed by atoms with Gasteiger partial charge < -0.3 is 37.5 Å². The molecular formula is C24H34N6O6S. The molecule has 1 aromatic carbocycles. The number of nitrogens with two attached hydrogens (primary N) is 2. The lowest BCUT2D eigenvalue weighted by Crippen LogP contribution is -2.58.